The van der Waals surface area contributed by atoms with Crippen LogP contribution < -0.4 is 5.63 Å². The Morgan fingerprint density at radius 1 is 1.44 bits per heavy atom. The van der Waals surface area contributed by atoms with Gasteiger partial charge in [-0.2, -0.15) is 0 Å². The molecule has 0 spiro atoms. The highest BCUT2D eigenvalue weighted by molar-refractivity contribution is 6.04. The van der Waals surface area contributed by atoms with Crippen molar-refractivity contribution in [1.82, 2.24) is 0 Å². The molecule has 1 N–H and O–H groups in total. The summed E-state index contributed by atoms with van der Waals surface area (Å²) in [4.78, 5) is 16.4. The lowest BCUT2D eigenvalue weighted by Crippen LogP contribution is -2.13. The zero-order valence-corrected chi connectivity index (χ0v) is 10.4. The number of aromatic hydroxyl groups is 1. The van der Waals surface area contributed by atoms with E-state index in [2.05, 4.69) is 9.99 Å². The maximum atomic E-state index is 11.8. The average Bonchev–Trinajstić information content (AvgIpc) is 2.28. The molecule has 0 aliphatic rings. The third-order valence-electron chi connectivity index (χ3n) is 2.70. The van der Waals surface area contributed by atoms with E-state index in [1.54, 1.807) is 19.1 Å². The molecule has 1 aromatic carbocycles. The first-order chi connectivity index (χ1) is 8.56. The Kier molecular flexibility index (Phi) is 3.06. The minimum Gasteiger partial charge on any atom is -0.506 e. The molecule has 0 saturated carbocycles. The van der Waals surface area contributed by atoms with Crippen molar-refractivity contribution in [2.24, 2.45) is 5.16 Å². The van der Waals surface area contributed by atoms with Gasteiger partial charge in [-0.1, -0.05) is 17.3 Å². The Balaban J connectivity index is 2.88. The van der Waals surface area contributed by atoms with Crippen LogP contribution >= 0.6 is 0 Å². The lowest BCUT2D eigenvalue weighted by atomic mass is 10.1. The lowest BCUT2D eigenvalue weighted by Gasteiger charge is -2.07. The smallest absolute Gasteiger partial charge is 0.349 e. The van der Waals surface area contributed by atoms with Gasteiger partial charge in [-0.05, 0) is 25.5 Å². The van der Waals surface area contributed by atoms with E-state index in [0.717, 1.165) is 5.56 Å². The third kappa shape index (κ3) is 1.84. The lowest BCUT2D eigenvalue weighted by molar-refractivity contribution is 0.213. The van der Waals surface area contributed by atoms with E-state index in [-0.39, 0.29) is 17.0 Å². The summed E-state index contributed by atoms with van der Waals surface area (Å²) in [5.41, 5.74) is 0.836. The summed E-state index contributed by atoms with van der Waals surface area (Å²) in [5.74, 6) is -0.127. The molecule has 0 fully saturated rings. The summed E-state index contributed by atoms with van der Waals surface area (Å²) in [7, 11) is 1.37. The molecule has 0 unspecified atom stereocenters. The molecule has 0 atom stereocenters. The number of hydrogen-bond donors (Lipinski definition) is 1. The van der Waals surface area contributed by atoms with E-state index in [1.807, 2.05) is 13.0 Å². The summed E-state index contributed by atoms with van der Waals surface area (Å²) < 4.78 is 5.17. The highest BCUT2D eigenvalue weighted by atomic mass is 16.6. The zero-order valence-electron chi connectivity index (χ0n) is 10.4. The first-order valence-corrected chi connectivity index (χ1v) is 5.39. The number of fused-ring (bicyclic) bond motifs is 1. The van der Waals surface area contributed by atoms with Gasteiger partial charge in [0.05, 0.1) is 11.1 Å². The number of nitrogens with zero attached hydrogens (tertiary/aromatic N) is 1. The summed E-state index contributed by atoms with van der Waals surface area (Å²) >= 11 is 0. The molecule has 5 heteroatoms. The topological polar surface area (TPSA) is 72.0 Å². The fraction of sp³-hybridized carbons (Fsp3) is 0.231. The van der Waals surface area contributed by atoms with E-state index >= 15 is 0 Å². The van der Waals surface area contributed by atoms with Gasteiger partial charge in [-0.3, -0.25) is 0 Å². The van der Waals surface area contributed by atoms with Crippen LogP contribution in [0, 0.1) is 6.92 Å². The third-order valence-corrected chi connectivity index (χ3v) is 2.70. The van der Waals surface area contributed by atoms with Crippen molar-refractivity contribution in [1.29, 1.82) is 0 Å². The number of hydrogen-bond acceptors (Lipinski definition) is 5. The van der Waals surface area contributed by atoms with Gasteiger partial charge in [0, 0.05) is 0 Å². The minimum absolute atomic E-state index is 0.0265. The second kappa shape index (κ2) is 4.52. The molecule has 0 saturated heterocycles. The van der Waals surface area contributed by atoms with Crippen molar-refractivity contribution in [3.63, 3.8) is 0 Å². The molecule has 2 aromatic rings. The molecule has 0 aliphatic heterocycles. The van der Waals surface area contributed by atoms with Gasteiger partial charge in [0.2, 0.25) is 0 Å². The Hall–Kier alpha value is -2.30. The van der Waals surface area contributed by atoms with E-state index in [9.17, 15) is 9.90 Å². The van der Waals surface area contributed by atoms with Gasteiger partial charge in [0.25, 0.3) is 0 Å². The Bertz CT molecular complexity index is 685. The predicted molar refractivity (Wildman–Crippen MR) is 68.1 cm³/mol. The van der Waals surface area contributed by atoms with Gasteiger partial charge < -0.3 is 14.4 Å². The largest absolute Gasteiger partial charge is 0.506 e. The number of rotatable bonds is 2. The van der Waals surface area contributed by atoms with Gasteiger partial charge >= 0.3 is 5.63 Å². The Morgan fingerprint density at radius 2 is 2.17 bits per heavy atom. The molecule has 1 heterocycles. The highest BCUT2D eigenvalue weighted by Gasteiger charge is 2.17. The van der Waals surface area contributed by atoms with Gasteiger partial charge in [-0.25, -0.2) is 4.79 Å². The monoisotopic (exact) mass is 247 g/mol. The summed E-state index contributed by atoms with van der Waals surface area (Å²) in [6, 6.07) is 5.22. The molecule has 0 aliphatic carbocycles. The predicted octanol–water partition coefficient (Wildman–Crippen LogP) is 2.18. The number of aryl methyl sites for hydroxylation is 1. The second-order valence-corrected chi connectivity index (χ2v) is 3.92. The van der Waals surface area contributed by atoms with Crippen molar-refractivity contribution in [3.05, 3.63) is 39.7 Å². The average molecular weight is 247 g/mol. The maximum Gasteiger partial charge on any atom is 0.349 e. The van der Waals surface area contributed by atoms with Crippen LogP contribution in [0.5, 0.6) is 5.75 Å². The van der Waals surface area contributed by atoms with Crippen molar-refractivity contribution in [2.75, 3.05) is 7.11 Å². The minimum atomic E-state index is -0.635. The molecule has 18 heavy (non-hydrogen) atoms. The van der Waals surface area contributed by atoms with Crippen LogP contribution in [-0.2, 0) is 4.84 Å². The number of oxime groups is 1. The molecule has 2 rings (SSSR count). The zero-order chi connectivity index (χ0) is 13.3. The van der Waals surface area contributed by atoms with Crippen LogP contribution in [-0.4, -0.2) is 17.9 Å². The molecular weight excluding hydrogens is 234 g/mol. The molecular formula is C13H13NO4. The van der Waals surface area contributed by atoms with Gasteiger partial charge in [0.15, 0.2) is 0 Å². The first-order valence-electron chi connectivity index (χ1n) is 5.39. The van der Waals surface area contributed by atoms with Crippen LogP contribution in [0.1, 0.15) is 18.1 Å². The van der Waals surface area contributed by atoms with E-state index in [1.165, 1.54) is 7.11 Å². The SMILES string of the molecule is CON=C(C)c1c(O)c2c(C)cccc2oc1=O. The Labute approximate surface area is 103 Å². The normalized spacial score (nSPS) is 11.8. The van der Waals surface area contributed by atoms with E-state index in [0.29, 0.717) is 11.0 Å². The first kappa shape index (κ1) is 12.2. The van der Waals surface area contributed by atoms with E-state index in [4.69, 9.17) is 4.42 Å². The molecule has 0 amide bonds. The molecule has 94 valence electrons. The van der Waals surface area contributed by atoms with Crippen molar-refractivity contribution in [3.8, 4) is 5.75 Å². The highest BCUT2D eigenvalue weighted by Crippen LogP contribution is 2.29. The Morgan fingerprint density at radius 3 is 2.83 bits per heavy atom. The van der Waals surface area contributed by atoms with Gasteiger partial charge in [0.1, 0.15) is 24.0 Å². The van der Waals surface area contributed by atoms with Crippen LogP contribution in [0.3, 0.4) is 0 Å². The second-order valence-electron chi connectivity index (χ2n) is 3.92. The van der Waals surface area contributed by atoms with Crippen molar-refractivity contribution in [2.45, 2.75) is 13.8 Å². The molecule has 1 aromatic heterocycles. The van der Waals surface area contributed by atoms with Crippen LogP contribution in [0.25, 0.3) is 11.0 Å². The summed E-state index contributed by atoms with van der Waals surface area (Å²) in [5, 5.41) is 14.4. The van der Waals surface area contributed by atoms with Crippen LogP contribution in [0.15, 0.2) is 32.6 Å². The van der Waals surface area contributed by atoms with E-state index < -0.39 is 5.63 Å². The quantitative estimate of drug-likeness (QED) is 0.501. The van der Waals surface area contributed by atoms with Crippen LogP contribution in [0.2, 0.25) is 0 Å². The fourth-order valence-corrected chi connectivity index (χ4v) is 1.90. The summed E-state index contributed by atoms with van der Waals surface area (Å²) in [6.45, 7) is 3.40. The summed E-state index contributed by atoms with van der Waals surface area (Å²) in [6.07, 6.45) is 0. The molecule has 0 radical (unpaired) electrons. The standard InChI is InChI=1S/C13H13NO4/c1-7-5-4-6-9-10(7)12(15)11(13(16)18-9)8(2)14-17-3/h4-6,15H,1-3H3. The maximum absolute atomic E-state index is 11.8. The van der Waals surface area contributed by atoms with Crippen LogP contribution in [0.4, 0.5) is 0 Å². The molecule has 0 bridgehead atoms. The van der Waals surface area contributed by atoms with Gasteiger partial charge in [-0.15, -0.1) is 0 Å². The fourth-order valence-electron chi connectivity index (χ4n) is 1.90. The van der Waals surface area contributed by atoms with Crippen molar-refractivity contribution >= 4 is 16.7 Å². The number of benzene rings is 1. The molecule has 5 nitrogen and oxygen atoms in total. The van der Waals surface area contributed by atoms with Crippen molar-refractivity contribution < 1.29 is 14.4 Å².